The lowest BCUT2D eigenvalue weighted by Crippen LogP contribution is -2.59. The number of carbonyl (C=O) groups is 1. The van der Waals surface area contributed by atoms with Gasteiger partial charge < -0.3 is 10.6 Å². The Kier molecular flexibility index (Phi) is 5.34. The molecule has 0 bridgehead atoms. The highest BCUT2D eigenvalue weighted by atomic mass is 32.2. The van der Waals surface area contributed by atoms with Crippen LogP contribution in [0.1, 0.15) is 39.5 Å². The van der Waals surface area contributed by atoms with E-state index in [0.717, 1.165) is 25.5 Å². The van der Waals surface area contributed by atoms with Gasteiger partial charge in [0.2, 0.25) is 15.9 Å². The van der Waals surface area contributed by atoms with Gasteiger partial charge in [0.15, 0.2) is 0 Å². The van der Waals surface area contributed by atoms with Crippen LogP contribution in [-0.2, 0) is 14.8 Å². The fraction of sp³-hybridized carbons (Fsp3) is 0.917. The highest BCUT2D eigenvalue weighted by molar-refractivity contribution is 7.88. The lowest BCUT2D eigenvalue weighted by atomic mass is 9.94. The predicted octanol–water partition coefficient (Wildman–Crippen LogP) is 0.0441. The predicted molar refractivity (Wildman–Crippen MR) is 75.1 cm³/mol. The Morgan fingerprint density at radius 3 is 2.63 bits per heavy atom. The monoisotopic (exact) mass is 291 g/mol. The van der Waals surface area contributed by atoms with Crippen LogP contribution in [0.25, 0.3) is 0 Å². The number of hydrogen-bond donors (Lipinski definition) is 2. The van der Waals surface area contributed by atoms with Gasteiger partial charge in [-0.2, -0.15) is 0 Å². The second-order valence-electron chi connectivity index (χ2n) is 5.54. The molecule has 1 saturated heterocycles. The molecule has 112 valence electrons. The summed E-state index contributed by atoms with van der Waals surface area (Å²) in [6.45, 7) is 4.53. The molecule has 6 nitrogen and oxygen atoms in total. The van der Waals surface area contributed by atoms with E-state index in [-0.39, 0.29) is 18.5 Å². The van der Waals surface area contributed by atoms with Crippen LogP contribution in [0, 0.1) is 0 Å². The smallest absolute Gasteiger partial charge is 0.242 e. The minimum absolute atomic E-state index is 0.0880. The van der Waals surface area contributed by atoms with Crippen LogP contribution in [0.4, 0.5) is 0 Å². The first kappa shape index (κ1) is 16.4. The zero-order chi connectivity index (χ0) is 14.7. The largest absolute Gasteiger partial charge is 0.337 e. The highest BCUT2D eigenvalue weighted by Gasteiger charge is 2.35. The first-order valence-corrected chi connectivity index (χ1v) is 8.61. The first-order valence-electron chi connectivity index (χ1n) is 6.72. The van der Waals surface area contributed by atoms with E-state index in [0.29, 0.717) is 13.0 Å². The maximum atomic E-state index is 12.4. The highest BCUT2D eigenvalue weighted by Crippen LogP contribution is 2.21. The molecule has 0 saturated carbocycles. The number of hydrogen-bond acceptors (Lipinski definition) is 4. The topological polar surface area (TPSA) is 92.5 Å². The molecular weight excluding hydrogens is 266 g/mol. The zero-order valence-electron chi connectivity index (χ0n) is 12.0. The molecule has 19 heavy (non-hydrogen) atoms. The molecule has 1 fully saturated rings. The Bertz CT molecular complexity index is 420. The third kappa shape index (κ3) is 4.74. The molecule has 1 aliphatic heterocycles. The van der Waals surface area contributed by atoms with Crippen LogP contribution in [0.3, 0.4) is 0 Å². The third-order valence-electron chi connectivity index (χ3n) is 3.69. The molecule has 1 rings (SSSR count). The summed E-state index contributed by atoms with van der Waals surface area (Å²) in [5.41, 5.74) is 5.13. The number of nitrogens with zero attached hydrogens (tertiary/aromatic N) is 1. The Hall–Kier alpha value is -0.660. The minimum Gasteiger partial charge on any atom is -0.337 e. The molecule has 0 radical (unpaired) electrons. The van der Waals surface area contributed by atoms with Gasteiger partial charge in [0, 0.05) is 19.1 Å². The van der Waals surface area contributed by atoms with E-state index >= 15 is 0 Å². The van der Waals surface area contributed by atoms with Crippen molar-refractivity contribution in [3.05, 3.63) is 0 Å². The molecule has 1 heterocycles. The van der Waals surface area contributed by atoms with E-state index in [1.54, 1.807) is 11.8 Å². The van der Waals surface area contributed by atoms with Crippen molar-refractivity contribution < 1.29 is 13.2 Å². The van der Waals surface area contributed by atoms with Gasteiger partial charge in [-0.3, -0.25) is 4.79 Å². The summed E-state index contributed by atoms with van der Waals surface area (Å²) in [5.74, 6) is -0.0880. The fourth-order valence-corrected chi connectivity index (χ4v) is 2.70. The van der Waals surface area contributed by atoms with Crippen LogP contribution < -0.4 is 10.5 Å². The van der Waals surface area contributed by atoms with Crippen molar-refractivity contribution in [1.29, 1.82) is 0 Å². The summed E-state index contributed by atoms with van der Waals surface area (Å²) in [7, 11) is -3.23. The first-order chi connectivity index (χ1) is 8.67. The van der Waals surface area contributed by atoms with E-state index < -0.39 is 15.6 Å². The second-order valence-corrected chi connectivity index (χ2v) is 7.37. The summed E-state index contributed by atoms with van der Waals surface area (Å²) in [5, 5.41) is 0. The van der Waals surface area contributed by atoms with Crippen LogP contribution in [-0.4, -0.2) is 50.2 Å². The number of likely N-dealkylation sites (tertiary alicyclic amines) is 1. The maximum Gasteiger partial charge on any atom is 0.242 e. The Labute approximate surface area is 115 Å². The molecule has 0 aromatic carbocycles. The number of sulfonamides is 1. The minimum atomic E-state index is -3.23. The molecular formula is C12H25N3O3S. The molecule has 1 aliphatic rings. The fourth-order valence-electron chi connectivity index (χ4n) is 2.21. The zero-order valence-corrected chi connectivity index (χ0v) is 12.8. The number of nitrogens with two attached hydrogens (primary N) is 1. The Morgan fingerprint density at radius 2 is 2.11 bits per heavy atom. The quantitative estimate of drug-likeness (QED) is 0.748. The van der Waals surface area contributed by atoms with Gasteiger partial charge in [-0.15, -0.1) is 0 Å². The van der Waals surface area contributed by atoms with E-state index in [4.69, 9.17) is 5.73 Å². The van der Waals surface area contributed by atoms with E-state index in [1.165, 1.54) is 0 Å². The van der Waals surface area contributed by atoms with Gasteiger partial charge in [-0.25, -0.2) is 13.1 Å². The molecule has 0 aromatic rings. The Balaban J connectivity index is 2.75. The van der Waals surface area contributed by atoms with Gasteiger partial charge >= 0.3 is 0 Å². The Morgan fingerprint density at radius 1 is 1.47 bits per heavy atom. The van der Waals surface area contributed by atoms with Gasteiger partial charge in [0.1, 0.15) is 0 Å². The van der Waals surface area contributed by atoms with Crippen molar-refractivity contribution in [1.82, 2.24) is 9.62 Å². The lowest BCUT2D eigenvalue weighted by molar-refractivity contribution is -0.140. The molecule has 2 atom stereocenters. The normalized spacial score (nSPS) is 24.0. The number of amides is 1. The summed E-state index contributed by atoms with van der Waals surface area (Å²) >= 11 is 0. The van der Waals surface area contributed by atoms with Crippen molar-refractivity contribution >= 4 is 15.9 Å². The van der Waals surface area contributed by atoms with Crippen LogP contribution >= 0.6 is 0 Å². The number of rotatable bonds is 5. The third-order valence-corrected chi connectivity index (χ3v) is 4.38. The van der Waals surface area contributed by atoms with Crippen molar-refractivity contribution in [2.75, 3.05) is 19.3 Å². The SMILES string of the molecule is CCC(C)(N)C(=O)N1CCCCC1CNS(C)(=O)=O. The van der Waals surface area contributed by atoms with Gasteiger partial charge in [-0.05, 0) is 32.6 Å². The average molecular weight is 291 g/mol. The van der Waals surface area contributed by atoms with Crippen molar-refractivity contribution in [2.24, 2.45) is 5.73 Å². The number of carbonyl (C=O) groups excluding carboxylic acids is 1. The number of nitrogens with one attached hydrogen (secondary N) is 1. The standard InChI is InChI=1S/C12H25N3O3S/c1-4-12(2,13)11(16)15-8-6-5-7-10(15)9-14-19(3,17)18/h10,14H,4-9,13H2,1-3H3. The molecule has 0 aromatic heterocycles. The van der Waals surface area contributed by atoms with Crippen LogP contribution in [0.15, 0.2) is 0 Å². The summed E-state index contributed by atoms with van der Waals surface area (Å²) in [6.07, 6.45) is 4.46. The maximum absolute atomic E-state index is 12.4. The van der Waals surface area contributed by atoms with E-state index in [2.05, 4.69) is 4.72 Å². The van der Waals surface area contributed by atoms with Crippen molar-refractivity contribution in [3.8, 4) is 0 Å². The number of piperidine rings is 1. The van der Waals surface area contributed by atoms with Crippen LogP contribution in [0.2, 0.25) is 0 Å². The molecule has 0 spiro atoms. The lowest BCUT2D eigenvalue weighted by Gasteiger charge is -2.40. The van der Waals surface area contributed by atoms with Crippen LogP contribution in [0.5, 0.6) is 0 Å². The second kappa shape index (κ2) is 6.19. The van der Waals surface area contributed by atoms with E-state index in [1.807, 2.05) is 6.92 Å². The molecule has 1 amide bonds. The summed E-state index contributed by atoms with van der Waals surface area (Å²) in [6, 6.07) is -0.0922. The molecule has 7 heteroatoms. The molecule has 0 aliphatic carbocycles. The van der Waals surface area contributed by atoms with E-state index in [9.17, 15) is 13.2 Å². The van der Waals surface area contributed by atoms with Gasteiger partial charge in [0.25, 0.3) is 0 Å². The summed E-state index contributed by atoms with van der Waals surface area (Å²) in [4.78, 5) is 14.2. The van der Waals surface area contributed by atoms with Crippen molar-refractivity contribution in [2.45, 2.75) is 51.1 Å². The molecule has 3 N–H and O–H groups in total. The van der Waals surface area contributed by atoms with Gasteiger partial charge in [-0.1, -0.05) is 6.92 Å². The average Bonchev–Trinajstić information content (AvgIpc) is 2.35. The van der Waals surface area contributed by atoms with Gasteiger partial charge in [0.05, 0.1) is 11.8 Å². The summed E-state index contributed by atoms with van der Waals surface area (Å²) < 4.78 is 24.8. The van der Waals surface area contributed by atoms with Crippen molar-refractivity contribution in [3.63, 3.8) is 0 Å². The molecule has 2 unspecified atom stereocenters.